The van der Waals surface area contributed by atoms with Crippen molar-refractivity contribution in [3.63, 3.8) is 0 Å². The Morgan fingerprint density at radius 2 is 1.12 bits per heavy atom. The van der Waals surface area contributed by atoms with Crippen LogP contribution in [0.1, 0.15) is 20.7 Å². The summed E-state index contributed by atoms with van der Waals surface area (Å²) in [6, 6.07) is 16.2. The van der Waals surface area contributed by atoms with Crippen LogP contribution in [0.15, 0.2) is 54.6 Å². The van der Waals surface area contributed by atoms with Crippen molar-refractivity contribution in [3.8, 4) is 17.2 Å². The molecule has 0 fully saturated rings. The molecule has 0 heterocycles. The lowest BCUT2D eigenvalue weighted by Crippen LogP contribution is -2.12. The van der Waals surface area contributed by atoms with Gasteiger partial charge in [0, 0.05) is 21.9 Å². The van der Waals surface area contributed by atoms with Crippen LogP contribution in [0, 0.1) is 0 Å². The summed E-state index contributed by atoms with van der Waals surface area (Å²) in [6.45, 7) is 2.39. The average Bonchev–Trinajstić information content (AvgIpc) is 2.87. The van der Waals surface area contributed by atoms with E-state index in [2.05, 4.69) is 0 Å². The maximum absolute atomic E-state index is 10.9. The summed E-state index contributed by atoms with van der Waals surface area (Å²) in [7, 11) is 0. The van der Waals surface area contributed by atoms with Crippen LogP contribution in [0.4, 0.5) is 0 Å². The summed E-state index contributed by atoms with van der Waals surface area (Å²) in [5.41, 5.74) is 0.764. The van der Waals surface area contributed by atoms with Gasteiger partial charge in [0.25, 0.3) is 0 Å². The van der Waals surface area contributed by atoms with E-state index in [-0.39, 0.29) is 13.2 Å². The van der Waals surface area contributed by atoms with E-state index in [4.69, 9.17) is 28.8 Å². The predicted molar refractivity (Wildman–Crippen MR) is 126 cm³/mol. The first kappa shape index (κ1) is 25.2. The minimum absolute atomic E-state index is 0.0107. The Morgan fingerprint density at radius 1 is 0.618 bits per heavy atom. The Labute approximate surface area is 198 Å². The van der Waals surface area contributed by atoms with Crippen LogP contribution in [-0.4, -0.2) is 70.5 Å². The number of aliphatic hydroxyl groups excluding tert-OH is 1. The van der Waals surface area contributed by atoms with Gasteiger partial charge < -0.3 is 28.8 Å². The van der Waals surface area contributed by atoms with E-state index in [9.17, 15) is 9.59 Å². The summed E-state index contributed by atoms with van der Waals surface area (Å²) in [6.07, 6.45) is 1.34. The van der Waals surface area contributed by atoms with Gasteiger partial charge in [0.15, 0.2) is 0 Å². The highest BCUT2D eigenvalue weighted by molar-refractivity contribution is 5.93. The Balaban J connectivity index is 1.43. The van der Waals surface area contributed by atoms with Gasteiger partial charge in [0.05, 0.1) is 33.0 Å². The number of aldehydes is 2. The van der Waals surface area contributed by atoms with Crippen LogP contribution in [0.25, 0.3) is 10.8 Å². The van der Waals surface area contributed by atoms with Crippen molar-refractivity contribution in [2.75, 3.05) is 52.9 Å². The average molecular weight is 469 g/mol. The van der Waals surface area contributed by atoms with Gasteiger partial charge in [-0.3, -0.25) is 9.59 Å². The van der Waals surface area contributed by atoms with E-state index in [1.165, 1.54) is 6.07 Å². The number of benzene rings is 3. The van der Waals surface area contributed by atoms with Crippen molar-refractivity contribution in [1.82, 2.24) is 0 Å². The molecule has 0 saturated heterocycles. The maximum atomic E-state index is 10.9. The van der Waals surface area contributed by atoms with Gasteiger partial charge in [-0.2, -0.15) is 0 Å². The van der Waals surface area contributed by atoms with Crippen LogP contribution in [0.2, 0.25) is 0 Å². The van der Waals surface area contributed by atoms with E-state index in [0.29, 0.717) is 69.1 Å². The van der Waals surface area contributed by atoms with E-state index < -0.39 is 0 Å². The number of carbonyl (C=O) groups excluding carboxylic acids is 2. The fourth-order valence-corrected chi connectivity index (χ4v) is 3.28. The highest BCUT2D eigenvalue weighted by atomic mass is 16.5. The summed E-state index contributed by atoms with van der Waals surface area (Å²) in [4.78, 5) is 21.9. The van der Waals surface area contributed by atoms with Crippen molar-refractivity contribution in [1.29, 1.82) is 0 Å². The standard InChI is InChI=1S/C26H28O8/c27-7-8-30-10-13-33-25-5-1-4-24-23(25)3-2-6-26(24)34-14-11-31-9-12-32-22-16-20(18-28)15-21(17-22)19-29/h1-6,15-19,27H,7-14H2. The molecule has 8 heteroatoms. The van der Waals surface area contributed by atoms with E-state index in [0.717, 1.165) is 22.3 Å². The Hall–Kier alpha value is -3.46. The molecule has 1 N–H and O–H groups in total. The fourth-order valence-electron chi connectivity index (χ4n) is 3.28. The topological polar surface area (TPSA) is 101 Å². The molecule has 0 aliphatic carbocycles. The van der Waals surface area contributed by atoms with Crippen LogP contribution < -0.4 is 14.2 Å². The van der Waals surface area contributed by atoms with Crippen LogP contribution in [0.3, 0.4) is 0 Å². The molecule has 0 unspecified atom stereocenters. The quantitative estimate of drug-likeness (QED) is 0.252. The largest absolute Gasteiger partial charge is 0.491 e. The number of carbonyl (C=O) groups is 2. The third-order valence-corrected chi connectivity index (χ3v) is 4.77. The van der Waals surface area contributed by atoms with Gasteiger partial charge in [-0.25, -0.2) is 0 Å². The zero-order chi connectivity index (χ0) is 24.0. The minimum atomic E-state index is -0.0107. The molecule has 0 radical (unpaired) electrons. The van der Waals surface area contributed by atoms with E-state index in [1.54, 1.807) is 12.1 Å². The van der Waals surface area contributed by atoms with Gasteiger partial charge in [-0.1, -0.05) is 24.3 Å². The molecule has 3 rings (SSSR count). The molecule has 34 heavy (non-hydrogen) atoms. The molecule has 0 aliphatic rings. The zero-order valence-corrected chi connectivity index (χ0v) is 18.8. The lowest BCUT2D eigenvalue weighted by molar-refractivity contribution is 0.0708. The van der Waals surface area contributed by atoms with Crippen molar-refractivity contribution in [2.24, 2.45) is 0 Å². The monoisotopic (exact) mass is 468 g/mol. The van der Waals surface area contributed by atoms with Crippen LogP contribution in [0.5, 0.6) is 17.2 Å². The molecule has 0 aliphatic heterocycles. The smallest absolute Gasteiger partial charge is 0.150 e. The third-order valence-electron chi connectivity index (χ3n) is 4.77. The second kappa shape index (κ2) is 13.9. The van der Waals surface area contributed by atoms with Gasteiger partial charge in [-0.15, -0.1) is 0 Å². The van der Waals surface area contributed by atoms with Gasteiger partial charge in [0.2, 0.25) is 0 Å². The number of rotatable bonds is 16. The first-order valence-corrected chi connectivity index (χ1v) is 11.0. The summed E-state index contributed by atoms with van der Waals surface area (Å²) >= 11 is 0. The highest BCUT2D eigenvalue weighted by Crippen LogP contribution is 2.32. The van der Waals surface area contributed by atoms with Crippen LogP contribution >= 0.6 is 0 Å². The first-order chi connectivity index (χ1) is 16.7. The predicted octanol–water partition coefficient (Wildman–Crippen LogP) is 3.33. The molecule has 0 bridgehead atoms. The lowest BCUT2D eigenvalue weighted by atomic mass is 10.1. The molecule has 3 aromatic rings. The fraction of sp³-hybridized carbons (Fsp3) is 0.308. The number of hydrogen-bond acceptors (Lipinski definition) is 8. The highest BCUT2D eigenvalue weighted by Gasteiger charge is 2.07. The second-order valence-corrected chi connectivity index (χ2v) is 7.17. The van der Waals surface area contributed by atoms with E-state index in [1.807, 2.05) is 36.4 Å². The molecule has 0 aromatic heterocycles. The Kier molecular flexibility index (Phi) is 10.3. The molecule has 0 saturated carbocycles. The first-order valence-electron chi connectivity index (χ1n) is 11.0. The summed E-state index contributed by atoms with van der Waals surface area (Å²) in [5, 5.41) is 10.6. The SMILES string of the molecule is O=Cc1cc(C=O)cc(OCCOCCOc2cccc3c(OCCOCCO)cccc23)c1. The maximum Gasteiger partial charge on any atom is 0.150 e. The molecule has 180 valence electrons. The third kappa shape index (κ3) is 7.55. The van der Waals surface area contributed by atoms with Crippen molar-refractivity contribution < 1.29 is 38.4 Å². The number of aliphatic hydroxyl groups is 1. The van der Waals surface area contributed by atoms with Crippen molar-refractivity contribution in [3.05, 3.63) is 65.7 Å². The van der Waals surface area contributed by atoms with Crippen molar-refractivity contribution >= 4 is 23.3 Å². The van der Waals surface area contributed by atoms with Crippen molar-refractivity contribution in [2.45, 2.75) is 0 Å². The molecule has 0 spiro atoms. The summed E-state index contributed by atoms with van der Waals surface area (Å²) in [5.74, 6) is 1.91. The molecule has 0 atom stereocenters. The molecule has 8 nitrogen and oxygen atoms in total. The zero-order valence-electron chi connectivity index (χ0n) is 18.8. The molecular formula is C26H28O8. The number of ether oxygens (including phenoxy) is 5. The Morgan fingerprint density at radius 3 is 1.62 bits per heavy atom. The Bertz CT molecular complexity index is 1040. The van der Waals surface area contributed by atoms with Crippen LogP contribution in [-0.2, 0) is 9.47 Å². The van der Waals surface area contributed by atoms with Gasteiger partial charge >= 0.3 is 0 Å². The summed E-state index contributed by atoms with van der Waals surface area (Å²) < 4.78 is 28.1. The second-order valence-electron chi connectivity index (χ2n) is 7.17. The van der Waals surface area contributed by atoms with Gasteiger partial charge in [-0.05, 0) is 30.3 Å². The number of hydrogen-bond donors (Lipinski definition) is 1. The molecule has 3 aromatic carbocycles. The molecular weight excluding hydrogens is 440 g/mol. The lowest BCUT2D eigenvalue weighted by Gasteiger charge is -2.13. The minimum Gasteiger partial charge on any atom is -0.491 e. The molecule has 0 amide bonds. The van der Waals surface area contributed by atoms with Gasteiger partial charge in [0.1, 0.15) is 49.6 Å². The number of fused-ring (bicyclic) bond motifs is 1. The normalized spacial score (nSPS) is 10.7. The van der Waals surface area contributed by atoms with E-state index >= 15 is 0 Å².